The molecule has 0 radical (unpaired) electrons. The highest BCUT2D eigenvalue weighted by molar-refractivity contribution is 5.97. The molecule has 2 fully saturated rings. The number of carbonyl (C=O) groups is 1. The minimum absolute atomic E-state index is 0.293. The molecule has 0 unspecified atom stereocenters. The van der Waals surface area contributed by atoms with Crippen molar-refractivity contribution in [2.75, 3.05) is 5.32 Å². The molecule has 2 aliphatic rings. The number of nitrogens with one attached hydrogen (secondary N) is 1. The van der Waals surface area contributed by atoms with Crippen LogP contribution in [0.15, 0.2) is 6.20 Å². The number of nitrogens with zero attached hydrogens (tertiary/aromatic N) is 2. The SMILES string of the molecule is C[C@H](Cc1ncc(C(N)=O)c(NC2CCC(N)CC2)n1)C1CCCCC1. The predicted octanol–water partition coefficient (Wildman–Crippen LogP) is 3.02. The molecule has 0 aliphatic heterocycles. The van der Waals surface area contributed by atoms with E-state index in [0.717, 1.165) is 43.8 Å². The molecule has 2 aliphatic carbocycles. The van der Waals surface area contributed by atoms with Crippen LogP contribution < -0.4 is 16.8 Å². The van der Waals surface area contributed by atoms with E-state index in [1.54, 1.807) is 6.20 Å². The predicted molar refractivity (Wildman–Crippen MR) is 104 cm³/mol. The van der Waals surface area contributed by atoms with Crippen LogP contribution >= 0.6 is 0 Å². The lowest BCUT2D eigenvalue weighted by atomic mass is 9.79. The van der Waals surface area contributed by atoms with Gasteiger partial charge in [0.05, 0.1) is 5.56 Å². The van der Waals surface area contributed by atoms with Crippen LogP contribution in [0.1, 0.15) is 80.9 Å². The fourth-order valence-corrected chi connectivity index (χ4v) is 4.42. The fourth-order valence-electron chi connectivity index (χ4n) is 4.42. The van der Waals surface area contributed by atoms with Crippen molar-refractivity contribution in [2.45, 2.75) is 83.2 Å². The summed E-state index contributed by atoms with van der Waals surface area (Å²) in [5.74, 6) is 2.25. The summed E-state index contributed by atoms with van der Waals surface area (Å²) in [6.07, 6.45) is 13.1. The Hall–Kier alpha value is -1.69. The van der Waals surface area contributed by atoms with E-state index >= 15 is 0 Å². The quantitative estimate of drug-likeness (QED) is 0.724. The summed E-state index contributed by atoms with van der Waals surface area (Å²) in [5, 5.41) is 3.44. The van der Waals surface area contributed by atoms with Gasteiger partial charge in [-0.25, -0.2) is 9.97 Å². The molecule has 5 N–H and O–H groups in total. The van der Waals surface area contributed by atoms with Gasteiger partial charge < -0.3 is 16.8 Å². The van der Waals surface area contributed by atoms with E-state index in [-0.39, 0.29) is 0 Å². The van der Waals surface area contributed by atoms with Gasteiger partial charge in [0, 0.05) is 24.7 Å². The van der Waals surface area contributed by atoms with Gasteiger partial charge in [-0.3, -0.25) is 4.79 Å². The molecule has 1 atom stereocenters. The molecule has 0 spiro atoms. The first-order valence-corrected chi connectivity index (χ1v) is 10.2. The largest absolute Gasteiger partial charge is 0.367 e. The Morgan fingerprint density at radius 1 is 1.19 bits per heavy atom. The Balaban J connectivity index is 1.69. The second kappa shape index (κ2) is 8.80. The number of amides is 1. The monoisotopic (exact) mass is 359 g/mol. The summed E-state index contributed by atoms with van der Waals surface area (Å²) in [6, 6.07) is 0.590. The van der Waals surface area contributed by atoms with Gasteiger partial charge in [0.1, 0.15) is 11.6 Å². The summed E-state index contributed by atoms with van der Waals surface area (Å²) in [4.78, 5) is 20.9. The summed E-state index contributed by atoms with van der Waals surface area (Å²) in [6.45, 7) is 2.30. The van der Waals surface area contributed by atoms with Crippen LogP contribution in [0.5, 0.6) is 0 Å². The standard InChI is InChI=1S/C20H33N5O/c1-13(14-5-3-2-4-6-14)11-18-23-12-17(19(22)26)20(25-18)24-16-9-7-15(21)8-10-16/h12-16H,2-11,21H2,1H3,(H2,22,26)(H,23,24,25)/t13-,15?,16?/m1/s1. The molecular formula is C20H33N5O. The van der Waals surface area contributed by atoms with Crippen LogP contribution in [0.25, 0.3) is 0 Å². The maximum absolute atomic E-state index is 11.8. The maximum atomic E-state index is 11.8. The van der Waals surface area contributed by atoms with Crippen LogP contribution in [0, 0.1) is 11.8 Å². The van der Waals surface area contributed by atoms with E-state index in [2.05, 4.69) is 22.2 Å². The van der Waals surface area contributed by atoms with Crippen LogP contribution in [0.2, 0.25) is 0 Å². The molecular weight excluding hydrogens is 326 g/mol. The molecule has 1 aromatic rings. The molecule has 26 heavy (non-hydrogen) atoms. The molecule has 6 heteroatoms. The number of carbonyl (C=O) groups excluding carboxylic acids is 1. The molecule has 1 amide bonds. The third-order valence-corrected chi connectivity index (χ3v) is 6.18. The molecule has 144 valence electrons. The number of hydrogen-bond donors (Lipinski definition) is 3. The molecule has 0 aromatic carbocycles. The highest BCUT2D eigenvalue weighted by atomic mass is 16.1. The lowest BCUT2D eigenvalue weighted by Crippen LogP contribution is -2.33. The zero-order valence-corrected chi connectivity index (χ0v) is 15.9. The summed E-state index contributed by atoms with van der Waals surface area (Å²) in [7, 11) is 0. The minimum Gasteiger partial charge on any atom is -0.367 e. The number of nitrogens with two attached hydrogens (primary N) is 2. The first-order chi connectivity index (χ1) is 12.5. The smallest absolute Gasteiger partial charge is 0.254 e. The molecule has 1 aromatic heterocycles. The van der Waals surface area contributed by atoms with Crippen molar-refractivity contribution in [1.82, 2.24) is 9.97 Å². The lowest BCUT2D eigenvalue weighted by Gasteiger charge is -2.28. The van der Waals surface area contributed by atoms with Gasteiger partial charge in [-0.2, -0.15) is 0 Å². The normalized spacial score (nSPS) is 25.6. The van der Waals surface area contributed by atoms with E-state index in [0.29, 0.717) is 29.4 Å². The summed E-state index contributed by atoms with van der Waals surface area (Å²) < 4.78 is 0. The molecule has 2 saturated carbocycles. The minimum atomic E-state index is -0.480. The zero-order chi connectivity index (χ0) is 18.5. The Morgan fingerprint density at radius 3 is 2.54 bits per heavy atom. The van der Waals surface area contributed by atoms with Crippen molar-refractivity contribution in [3.63, 3.8) is 0 Å². The second-order valence-corrected chi connectivity index (χ2v) is 8.25. The zero-order valence-electron chi connectivity index (χ0n) is 15.9. The summed E-state index contributed by atoms with van der Waals surface area (Å²) in [5.41, 5.74) is 11.9. The average Bonchev–Trinajstić information content (AvgIpc) is 2.64. The fraction of sp³-hybridized carbons (Fsp3) is 0.750. The number of aromatic nitrogens is 2. The first-order valence-electron chi connectivity index (χ1n) is 10.2. The Kier molecular flexibility index (Phi) is 6.46. The van der Waals surface area contributed by atoms with Crippen molar-refractivity contribution in [2.24, 2.45) is 23.3 Å². The van der Waals surface area contributed by atoms with Gasteiger partial charge in [0.15, 0.2) is 0 Å². The van der Waals surface area contributed by atoms with Gasteiger partial charge >= 0.3 is 0 Å². The lowest BCUT2D eigenvalue weighted by molar-refractivity contribution is 0.100. The van der Waals surface area contributed by atoms with Crippen molar-refractivity contribution in [1.29, 1.82) is 0 Å². The van der Waals surface area contributed by atoms with Crippen LogP contribution in [0.4, 0.5) is 5.82 Å². The van der Waals surface area contributed by atoms with Crippen molar-refractivity contribution < 1.29 is 4.79 Å². The van der Waals surface area contributed by atoms with Gasteiger partial charge in [-0.15, -0.1) is 0 Å². The van der Waals surface area contributed by atoms with Crippen molar-refractivity contribution in [3.05, 3.63) is 17.6 Å². The topological polar surface area (TPSA) is 107 Å². The van der Waals surface area contributed by atoms with Gasteiger partial charge in [0.25, 0.3) is 5.91 Å². The first kappa shape index (κ1) is 19.1. The number of primary amides is 1. The van der Waals surface area contributed by atoms with Gasteiger partial charge in [-0.1, -0.05) is 39.0 Å². The molecule has 0 bridgehead atoms. The summed E-state index contributed by atoms with van der Waals surface area (Å²) >= 11 is 0. The third-order valence-electron chi connectivity index (χ3n) is 6.18. The van der Waals surface area contributed by atoms with E-state index in [4.69, 9.17) is 11.5 Å². The van der Waals surface area contributed by atoms with Crippen molar-refractivity contribution >= 4 is 11.7 Å². The van der Waals surface area contributed by atoms with Gasteiger partial charge in [0.2, 0.25) is 0 Å². The van der Waals surface area contributed by atoms with Crippen LogP contribution in [0.3, 0.4) is 0 Å². The molecule has 6 nitrogen and oxygen atoms in total. The van der Waals surface area contributed by atoms with E-state index in [1.165, 1.54) is 32.1 Å². The van der Waals surface area contributed by atoms with E-state index in [1.807, 2.05) is 0 Å². The van der Waals surface area contributed by atoms with Crippen LogP contribution in [-0.4, -0.2) is 28.0 Å². The highest BCUT2D eigenvalue weighted by Gasteiger charge is 2.24. The van der Waals surface area contributed by atoms with Gasteiger partial charge in [-0.05, 0) is 37.5 Å². The maximum Gasteiger partial charge on any atom is 0.254 e. The molecule has 3 rings (SSSR count). The average molecular weight is 360 g/mol. The third kappa shape index (κ3) is 4.93. The van der Waals surface area contributed by atoms with E-state index < -0.39 is 5.91 Å². The highest BCUT2D eigenvalue weighted by Crippen LogP contribution is 2.31. The number of rotatable bonds is 6. The van der Waals surface area contributed by atoms with Crippen molar-refractivity contribution in [3.8, 4) is 0 Å². The molecule has 0 saturated heterocycles. The van der Waals surface area contributed by atoms with Crippen LogP contribution in [-0.2, 0) is 6.42 Å². The Bertz CT molecular complexity index is 606. The second-order valence-electron chi connectivity index (χ2n) is 8.25. The van der Waals surface area contributed by atoms with E-state index in [9.17, 15) is 4.79 Å². The number of anilines is 1. The Labute approximate surface area is 156 Å². The number of hydrogen-bond acceptors (Lipinski definition) is 5. The Morgan fingerprint density at radius 2 is 1.88 bits per heavy atom. The molecule has 1 heterocycles.